The fourth-order valence-electron chi connectivity index (χ4n) is 2.77. The average Bonchev–Trinajstić information content (AvgIpc) is 2.71. The molecule has 0 aliphatic rings. The molecule has 0 aliphatic carbocycles. The van der Waals surface area contributed by atoms with Crippen LogP contribution in [0.15, 0.2) is 54.6 Å². The van der Waals surface area contributed by atoms with Crippen molar-refractivity contribution in [1.82, 2.24) is 5.32 Å². The second-order valence-electron chi connectivity index (χ2n) is 6.76. The van der Waals surface area contributed by atoms with Crippen molar-refractivity contribution in [1.29, 1.82) is 0 Å². The van der Waals surface area contributed by atoms with Crippen LogP contribution in [0.25, 0.3) is 0 Å². The molecule has 1 unspecified atom stereocenters. The molecule has 5 nitrogen and oxygen atoms in total. The van der Waals surface area contributed by atoms with Crippen LogP contribution in [0.1, 0.15) is 50.3 Å². The molecule has 0 fully saturated rings. The lowest BCUT2D eigenvalue weighted by atomic mass is 10.1. The third-order valence-corrected chi connectivity index (χ3v) is 4.46. The van der Waals surface area contributed by atoms with Crippen LogP contribution in [0.2, 0.25) is 0 Å². The Labute approximate surface area is 167 Å². The fourth-order valence-corrected chi connectivity index (χ4v) is 2.77. The van der Waals surface area contributed by atoms with Crippen molar-refractivity contribution >= 4 is 17.5 Å². The zero-order valence-electron chi connectivity index (χ0n) is 16.7. The van der Waals surface area contributed by atoms with Gasteiger partial charge in [0.15, 0.2) is 0 Å². The van der Waals surface area contributed by atoms with Crippen LogP contribution in [0.3, 0.4) is 0 Å². The quantitative estimate of drug-likeness (QED) is 0.571. The third-order valence-electron chi connectivity index (χ3n) is 4.46. The number of carbonyl (C=O) groups excluding carboxylic acids is 2. The Morgan fingerprint density at radius 3 is 2.36 bits per heavy atom. The lowest BCUT2D eigenvalue weighted by Gasteiger charge is -2.15. The highest BCUT2D eigenvalue weighted by molar-refractivity contribution is 5.90. The molecular weight excluding hydrogens is 352 g/mol. The maximum atomic E-state index is 12.1. The molecule has 0 spiro atoms. The highest BCUT2D eigenvalue weighted by Crippen LogP contribution is 2.16. The van der Waals surface area contributed by atoms with Gasteiger partial charge in [0.25, 0.3) is 0 Å². The molecule has 0 saturated carbocycles. The predicted octanol–water partition coefficient (Wildman–Crippen LogP) is 4.25. The van der Waals surface area contributed by atoms with Crippen LogP contribution in [-0.4, -0.2) is 25.0 Å². The van der Waals surface area contributed by atoms with Gasteiger partial charge in [0.1, 0.15) is 0 Å². The number of nitrogens with one attached hydrogen (secondary N) is 2. The van der Waals surface area contributed by atoms with Crippen LogP contribution in [0, 0.1) is 0 Å². The van der Waals surface area contributed by atoms with Crippen molar-refractivity contribution in [3.63, 3.8) is 0 Å². The van der Waals surface area contributed by atoms with E-state index < -0.39 is 0 Å². The topological polar surface area (TPSA) is 67.4 Å². The summed E-state index contributed by atoms with van der Waals surface area (Å²) in [5.74, 6) is 0.00242. The van der Waals surface area contributed by atoms with E-state index in [0.29, 0.717) is 32.5 Å². The van der Waals surface area contributed by atoms with Crippen molar-refractivity contribution in [2.45, 2.75) is 45.6 Å². The van der Waals surface area contributed by atoms with E-state index in [9.17, 15) is 9.59 Å². The van der Waals surface area contributed by atoms with Gasteiger partial charge in [-0.3, -0.25) is 9.59 Å². The summed E-state index contributed by atoms with van der Waals surface area (Å²) < 4.78 is 5.62. The van der Waals surface area contributed by atoms with Gasteiger partial charge < -0.3 is 15.4 Å². The van der Waals surface area contributed by atoms with E-state index >= 15 is 0 Å². The molecular formula is C23H30N2O3. The second kappa shape index (κ2) is 11.9. The van der Waals surface area contributed by atoms with E-state index in [1.165, 1.54) is 5.56 Å². The summed E-state index contributed by atoms with van der Waals surface area (Å²) in [6, 6.07) is 17.7. The van der Waals surface area contributed by atoms with Crippen molar-refractivity contribution in [3.8, 4) is 0 Å². The standard InChI is InChI=1S/C23H30N2O3/c1-3-22(26)25-21-13-11-20(12-14-21)18(2)24-23(27)10-7-16-28-17-15-19-8-5-4-6-9-19/h4-6,8-9,11-14,18H,3,7,10,15-17H2,1-2H3,(H,24,27)(H,25,26). The minimum atomic E-state index is -0.0811. The van der Waals surface area contributed by atoms with Gasteiger partial charge in [0, 0.05) is 25.1 Å². The van der Waals surface area contributed by atoms with E-state index in [1.54, 1.807) is 0 Å². The molecule has 0 aromatic heterocycles. The minimum absolute atomic E-state index is 0.0138. The van der Waals surface area contributed by atoms with Crippen LogP contribution in [0.5, 0.6) is 0 Å². The van der Waals surface area contributed by atoms with E-state index in [-0.39, 0.29) is 17.9 Å². The monoisotopic (exact) mass is 382 g/mol. The van der Waals surface area contributed by atoms with E-state index in [1.807, 2.05) is 56.3 Å². The summed E-state index contributed by atoms with van der Waals surface area (Å²) in [6.07, 6.45) is 2.48. The summed E-state index contributed by atoms with van der Waals surface area (Å²) in [5, 5.41) is 5.82. The Balaban J connectivity index is 1.62. The zero-order chi connectivity index (χ0) is 20.2. The Morgan fingerprint density at radius 1 is 0.964 bits per heavy atom. The molecule has 1 atom stereocenters. The predicted molar refractivity (Wildman–Crippen MR) is 112 cm³/mol. The summed E-state index contributed by atoms with van der Waals surface area (Å²) in [7, 11) is 0. The molecule has 2 aromatic rings. The molecule has 2 amide bonds. The number of rotatable bonds is 11. The van der Waals surface area contributed by atoms with E-state index in [2.05, 4.69) is 22.8 Å². The summed E-state index contributed by atoms with van der Waals surface area (Å²) in [4.78, 5) is 23.5. The molecule has 2 N–H and O–H groups in total. The van der Waals surface area contributed by atoms with Gasteiger partial charge >= 0.3 is 0 Å². The van der Waals surface area contributed by atoms with Crippen molar-refractivity contribution in [3.05, 3.63) is 65.7 Å². The fraction of sp³-hybridized carbons (Fsp3) is 0.391. The number of ether oxygens (including phenoxy) is 1. The van der Waals surface area contributed by atoms with Gasteiger partial charge in [-0.2, -0.15) is 0 Å². The van der Waals surface area contributed by atoms with Crippen LogP contribution in [0.4, 0.5) is 5.69 Å². The molecule has 0 heterocycles. The smallest absolute Gasteiger partial charge is 0.224 e. The van der Waals surface area contributed by atoms with Gasteiger partial charge in [-0.05, 0) is 43.0 Å². The second-order valence-corrected chi connectivity index (χ2v) is 6.76. The lowest BCUT2D eigenvalue weighted by Crippen LogP contribution is -2.26. The van der Waals surface area contributed by atoms with Crippen LogP contribution < -0.4 is 10.6 Å². The highest BCUT2D eigenvalue weighted by Gasteiger charge is 2.10. The molecule has 0 saturated heterocycles. The summed E-state index contributed by atoms with van der Waals surface area (Å²) in [5.41, 5.74) is 3.03. The molecule has 150 valence electrons. The Morgan fingerprint density at radius 2 is 1.68 bits per heavy atom. The number of anilines is 1. The maximum absolute atomic E-state index is 12.1. The van der Waals surface area contributed by atoms with Crippen LogP contribution >= 0.6 is 0 Å². The minimum Gasteiger partial charge on any atom is -0.381 e. The Kier molecular flexibility index (Phi) is 9.22. The number of hydrogen-bond donors (Lipinski definition) is 2. The number of carbonyl (C=O) groups is 2. The van der Waals surface area contributed by atoms with Gasteiger partial charge in [0.05, 0.1) is 12.6 Å². The van der Waals surface area contributed by atoms with Gasteiger partial charge in [-0.15, -0.1) is 0 Å². The Hall–Kier alpha value is -2.66. The highest BCUT2D eigenvalue weighted by atomic mass is 16.5. The zero-order valence-corrected chi connectivity index (χ0v) is 16.7. The first-order chi connectivity index (χ1) is 13.6. The van der Waals surface area contributed by atoms with Crippen LogP contribution in [-0.2, 0) is 20.7 Å². The maximum Gasteiger partial charge on any atom is 0.224 e. The molecule has 0 aliphatic heterocycles. The van der Waals surface area contributed by atoms with Crippen molar-refractivity contribution < 1.29 is 14.3 Å². The number of hydrogen-bond acceptors (Lipinski definition) is 3. The Bertz CT molecular complexity index is 729. The third kappa shape index (κ3) is 7.92. The molecule has 2 rings (SSSR count). The van der Waals surface area contributed by atoms with Gasteiger partial charge in [0.2, 0.25) is 11.8 Å². The number of amides is 2. The first-order valence-corrected chi connectivity index (χ1v) is 9.89. The van der Waals surface area contributed by atoms with Crippen molar-refractivity contribution in [2.24, 2.45) is 0 Å². The largest absolute Gasteiger partial charge is 0.381 e. The lowest BCUT2D eigenvalue weighted by molar-refractivity contribution is -0.122. The van der Waals surface area contributed by atoms with Gasteiger partial charge in [-0.1, -0.05) is 49.4 Å². The SMILES string of the molecule is CCC(=O)Nc1ccc(C(C)NC(=O)CCCOCCc2ccccc2)cc1. The molecule has 5 heteroatoms. The van der Waals surface area contributed by atoms with E-state index in [4.69, 9.17) is 4.74 Å². The summed E-state index contributed by atoms with van der Waals surface area (Å²) >= 11 is 0. The van der Waals surface area contributed by atoms with E-state index in [0.717, 1.165) is 17.7 Å². The number of benzene rings is 2. The average molecular weight is 383 g/mol. The normalized spacial score (nSPS) is 11.6. The molecule has 0 bridgehead atoms. The molecule has 28 heavy (non-hydrogen) atoms. The first-order valence-electron chi connectivity index (χ1n) is 9.89. The summed E-state index contributed by atoms with van der Waals surface area (Å²) in [6.45, 7) is 5.02. The molecule has 2 aromatic carbocycles. The van der Waals surface area contributed by atoms with Gasteiger partial charge in [-0.25, -0.2) is 0 Å². The van der Waals surface area contributed by atoms with Crippen molar-refractivity contribution in [2.75, 3.05) is 18.5 Å². The first kappa shape index (κ1) is 21.6. The molecule has 0 radical (unpaired) electrons.